The number of fused-ring (bicyclic) bond motifs is 2. The molecule has 0 amide bonds. The van der Waals surface area contributed by atoms with Crippen molar-refractivity contribution in [3.05, 3.63) is 109 Å². The standard InChI is InChI=1S/C22H24N4O2.C21H24N4O/c1-28-21(27)20(23)16-9-12-26(13-10-16)22-24-11-8-19(25-22)18-7-6-15-4-2-3-5-17(15)14-18;22-19(14-26)16-8-11-25(12-9-16)21-23-10-7-20(24-21)18-6-5-15-3-1-2-4-17(15)13-18/h2-8,11,14,16,20H,9-10,12-13,23H2,1H3;1-7,10,13,16,19,26H,8-9,11-12,14,22H2/t20-;19-/m10/s1. The van der Waals surface area contributed by atoms with Gasteiger partial charge in [0.15, 0.2) is 0 Å². The third kappa shape index (κ3) is 8.49. The van der Waals surface area contributed by atoms with Crippen LogP contribution in [0.1, 0.15) is 25.7 Å². The molecule has 0 unspecified atom stereocenters. The van der Waals surface area contributed by atoms with Crippen molar-refractivity contribution in [3.63, 3.8) is 0 Å². The number of esters is 1. The molecule has 2 aliphatic heterocycles. The van der Waals surface area contributed by atoms with Crippen molar-refractivity contribution in [1.82, 2.24) is 19.9 Å². The molecule has 11 heteroatoms. The summed E-state index contributed by atoms with van der Waals surface area (Å²) < 4.78 is 4.77. The molecule has 0 aliphatic carbocycles. The molecule has 2 fully saturated rings. The maximum absolute atomic E-state index is 11.7. The first-order valence-corrected chi connectivity index (χ1v) is 18.7. The predicted octanol–water partition coefficient (Wildman–Crippen LogP) is 5.85. The fourth-order valence-electron chi connectivity index (χ4n) is 7.48. The second-order valence-electron chi connectivity index (χ2n) is 14.2. The van der Waals surface area contributed by atoms with E-state index in [1.165, 1.54) is 28.7 Å². The number of carbonyl (C=O) groups excluding carboxylic acids is 1. The molecule has 2 aliphatic rings. The Kier molecular flexibility index (Phi) is 11.7. The van der Waals surface area contributed by atoms with Gasteiger partial charge in [0.05, 0.1) is 25.1 Å². The molecule has 6 aromatic rings. The number of rotatable bonds is 8. The van der Waals surface area contributed by atoms with Crippen LogP contribution in [0.15, 0.2) is 109 Å². The number of nitrogens with two attached hydrogens (primary N) is 2. The first-order chi connectivity index (χ1) is 26.4. The van der Waals surface area contributed by atoms with E-state index in [4.69, 9.17) is 26.2 Å². The van der Waals surface area contributed by atoms with Gasteiger partial charge in [-0.2, -0.15) is 0 Å². The van der Waals surface area contributed by atoms with Gasteiger partial charge in [-0.3, -0.25) is 4.79 Å². The first-order valence-electron chi connectivity index (χ1n) is 18.7. The van der Waals surface area contributed by atoms with Gasteiger partial charge in [0.2, 0.25) is 11.9 Å². The van der Waals surface area contributed by atoms with Gasteiger partial charge in [0.25, 0.3) is 0 Å². The van der Waals surface area contributed by atoms with Gasteiger partial charge in [0.1, 0.15) is 6.04 Å². The zero-order valence-corrected chi connectivity index (χ0v) is 30.7. The molecule has 8 rings (SSSR count). The van der Waals surface area contributed by atoms with Crippen molar-refractivity contribution in [2.45, 2.75) is 37.8 Å². The monoisotopic (exact) mass is 724 g/mol. The lowest BCUT2D eigenvalue weighted by Gasteiger charge is -2.34. The van der Waals surface area contributed by atoms with Gasteiger partial charge in [-0.1, -0.05) is 72.8 Å². The molecular formula is C43H48N8O3. The number of ether oxygens (including phenoxy) is 1. The van der Waals surface area contributed by atoms with E-state index in [0.29, 0.717) is 5.92 Å². The molecule has 4 aromatic carbocycles. The molecule has 0 saturated carbocycles. The summed E-state index contributed by atoms with van der Waals surface area (Å²) >= 11 is 0. The predicted molar refractivity (Wildman–Crippen MR) is 215 cm³/mol. The summed E-state index contributed by atoms with van der Waals surface area (Å²) in [5.74, 6) is 1.66. The Bertz CT molecular complexity index is 2180. The Morgan fingerprint density at radius 2 is 1.13 bits per heavy atom. The quantitative estimate of drug-likeness (QED) is 0.162. The fourth-order valence-corrected chi connectivity index (χ4v) is 7.48. The Morgan fingerprint density at radius 3 is 1.57 bits per heavy atom. The normalized spacial score (nSPS) is 16.4. The molecule has 4 heterocycles. The number of piperidine rings is 2. The zero-order chi connectivity index (χ0) is 37.4. The van der Waals surface area contributed by atoms with E-state index in [1.807, 2.05) is 30.5 Å². The summed E-state index contributed by atoms with van der Waals surface area (Å²) in [4.78, 5) is 34.6. The van der Waals surface area contributed by atoms with E-state index in [9.17, 15) is 9.90 Å². The lowest BCUT2D eigenvalue weighted by Crippen LogP contribution is -2.45. The van der Waals surface area contributed by atoms with Crippen LogP contribution < -0.4 is 21.3 Å². The highest BCUT2D eigenvalue weighted by molar-refractivity contribution is 5.87. The van der Waals surface area contributed by atoms with Crippen molar-refractivity contribution in [2.24, 2.45) is 23.3 Å². The van der Waals surface area contributed by atoms with Crippen molar-refractivity contribution in [3.8, 4) is 22.5 Å². The second-order valence-corrected chi connectivity index (χ2v) is 14.2. The molecule has 278 valence electrons. The number of aliphatic hydroxyl groups is 1. The minimum absolute atomic E-state index is 0.0542. The summed E-state index contributed by atoms with van der Waals surface area (Å²) in [6, 6.07) is 32.6. The summed E-state index contributed by atoms with van der Waals surface area (Å²) in [6.45, 7) is 3.35. The Balaban J connectivity index is 0.000000167. The van der Waals surface area contributed by atoms with Crippen LogP contribution in [0.3, 0.4) is 0 Å². The number of anilines is 2. The minimum atomic E-state index is -0.558. The van der Waals surface area contributed by atoms with Crippen LogP contribution in [0, 0.1) is 11.8 Å². The van der Waals surface area contributed by atoms with Crippen LogP contribution >= 0.6 is 0 Å². The highest BCUT2D eigenvalue weighted by Gasteiger charge is 2.30. The molecule has 0 radical (unpaired) electrons. The van der Waals surface area contributed by atoms with Crippen LogP contribution in [0.25, 0.3) is 44.1 Å². The molecule has 5 N–H and O–H groups in total. The van der Waals surface area contributed by atoms with E-state index in [-0.39, 0.29) is 24.5 Å². The van der Waals surface area contributed by atoms with Gasteiger partial charge < -0.3 is 31.1 Å². The van der Waals surface area contributed by atoms with Gasteiger partial charge >= 0.3 is 5.97 Å². The van der Waals surface area contributed by atoms with E-state index < -0.39 is 6.04 Å². The summed E-state index contributed by atoms with van der Waals surface area (Å²) in [5, 5.41) is 14.1. The average Bonchev–Trinajstić information content (AvgIpc) is 3.25. The lowest BCUT2D eigenvalue weighted by molar-refractivity contribution is -0.143. The third-order valence-electron chi connectivity index (χ3n) is 10.8. The molecule has 2 saturated heterocycles. The Hall–Kier alpha value is -5.49. The number of aliphatic hydroxyl groups excluding tert-OH is 1. The van der Waals surface area contributed by atoms with Crippen LogP contribution in [0.5, 0.6) is 0 Å². The van der Waals surface area contributed by atoms with Gasteiger partial charge in [-0.15, -0.1) is 0 Å². The third-order valence-corrected chi connectivity index (χ3v) is 10.8. The topological polar surface area (TPSA) is 157 Å². The number of aromatic nitrogens is 4. The maximum Gasteiger partial charge on any atom is 0.322 e. The lowest BCUT2D eigenvalue weighted by atomic mass is 9.90. The average molecular weight is 725 g/mol. The highest BCUT2D eigenvalue weighted by Crippen LogP contribution is 2.28. The van der Waals surface area contributed by atoms with Crippen molar-refractivity contribution < 1.29 is 14.6 Å². The Morgan fingerprint density at radius 1 is 0.685 bits per heavy atom. The number of hydrogen-bond donors (Lipinski definition) is 3. The van der Waals surface area contributed by atoms with Crippen molar-refractivity contribution in [1.29, 1.82) is 0 Å². The summed E-state index contributed by atoms with van der Waals surface area (Å²) in [7, 11) is 1.38. The van der Waals surface area contributed by atoms with Gasteiger partial charge in [-0.05, 0) is 83.3 Å². The largest absolute Gasteiger partial charge is 0.468 e. The number of methoxy groups -OCH3 is 1. The molecular weight excluding hydrogens is 677 g/mol. The fraction of sp³-hybridized carbons (Fsp3) is 0.326. The maximum atomic E-state index is 11.7. The molecule has 2 aromatic heterocycles. The number of benzene rings is 4. The zero-order valence-electron chi connectivity index (χ0n) is 30.7. The second kappa shape index (κ2) is 17.1. The van der Waals surface area contributed by atoms with Crippen LogP contribution in [-0.2, 0) is 9.53 Å². The van der Waals surface area contributed by atoms with E-state index in [2.05, 4.69) is 92.6 Å². The highest BCUT2D eigenvalue weighted by atomic mass is 16.5. The van der Waals surface area contributed by atoms with Gasteiger partial charge in [-0.25, -0.2) is 19.9 Å². The molecule has 54 heavy (non-hydrogen) atoms. The number of carbonyl (C=O) groups is 1. The smallest absolute Gasteiger partial charge is 0.322 e. The summed E-state index contributed by atoms with van der Waals surface area (Å²) in [5.41, 5.74) is 16.0. The van der Waals surface area contributed by atoms with E-state index >= 15 is 0 Å². The molecule has 11 nitrogen and oxygen atoms in total. The SMILES string of the molecule is COC(=O)[C@H](N)C1CCN(c2nccc(-c3ccc4ccccc4c3)n2)CC1.N[C@@H](CO)C1CCN(c2nccc(-c3ccc4ccccc4c3)n2)CC1. The number of nitrogens with zero attached hydrogens (tertiary/aromatic N) is 6. The molecule has 0 spiro atoms. The van der Waals surface area contributed by atoms with E-state index in [0.717, 1.165) is 86.3 Å². The van der Waals surface area contributed by atoms with Crippen molar-refractivity contribution in [2.75, 3.05) is 49.7 Å². The first kappa shape index (κ1) is 36.9. The van der Waals surface area contributed by atoms with Crippen LogP contribution in [0.4, 0.5) is 11.9 Å². The van der Waals surface area contributed by atoms with Crippen molar-refractivity contribution >= 4 is 39.4 Å². The molecule has 0 bridgehead atoms. The van der Waals surface area contributed by atoms with Crippen LogP contribution in [0.2, 0.25) is 0 Å². The minimum Gasteiger partial charge on any atom is -0.468 e. The molecule has 2 atom stereocenters. The summed E-state index contributed by atoms with van der Waals surface area (Å²) in [6.07, 6.45) is 7.20. The van der Waals surface area contributed by atoms with Gasteiger partial charge in [0, 0.05) is 55.7 Å². The van der Waals surface area contributed by atoms with E-state index in [1.54, 1.807) is 6.20 Å². The number of hydrogen-bond acceptors (Lipinski definition) is 11. The Labute approximate surface area is 316 Å². The van der Waals surface area contributed by atoms with Crippen LogP contribution in [-0.4, -0.2) is 83.0 Å².